The van der Waals surface area contributed by atoms with E-state index in [1.54, 1.807) is 21.0 Å². The fourth-order valence-electron chi connectivity index (χ4n) is 3.64. The van der Waals surface area contributed by atoms with Crippen molar-refractivity contribution in [3.8, 4) is 0 Å². The van der Waals surface area contributed by atoms with Crippen LogP contribution < -0.4 is 0 Å². The van der Waals surface area contributed by atoms with Crippen molar-refractivity contribution in [2.45, 2.75) is 110 Å². The molecule has 0 aromatic heterocycles. The molecule has 0 bridgehead atoms. The second kappa shape index (κ2) is 14.8. The summed E-state index contributed by atoms with van der Waals surface area (Å²) in [6, 6.07) is 0. The lowest BCUT2D eigenvalue weighted by Gasteiger charge is -2.30. The number of rotatable bonds is 5. The molecule has 1 atom stereocenters. The number of hydrogen-bond acceptors (Lipinski definition) is 1. The minimum absolute atomic E-state index is 0.629. The first kappa shape index (κ1) is 30.0. The number of hydrogen-bond donors (Lipinski definition) is 0. The molecule has 0 amide bonds. The summed E-state index contributed by atoms with van der Waals surface area (Å²) in [7, 11) is 0. The second-order valence-electron chi connectivity index (χ2n) is 10.2. The van der Waals surface area contributed by atoms with Gasteiger partial charge in [0.25, 0.3) is 0 Å². The zero-order chi connectivity index (χ0) is 22.8. The number of allylic oxidation sites excluding steroid dienone is 4. The fraction of sp³-hybridized carbons (Fsp3) is 0.852. The molecule has 0 aromatic carbocycles. The monoisotopic (exact) mass is 410 g/mol. The Kier molecular flexibility index (Phi) is 15.8. The first-order chi connectivity index (χ1) is 12.8. The van der Waals surface area contributed by atoms with Gasteiger partial charge in [0.1, 0.15) is 0 Å². The Morgan fingerprint density at radius 1 is 0.607 bits per heavy atom. The molecule has 0 N–H and O–H groups in total. The van der Waals surface area contributed by atoms with Gasteiger partial charge < -0.3 is 0 Å². The highest BCUT2D eigenvalue weighted by molar-refractivity contribution is 8.06. The molecule has 1 heterocycles. The Bertz CT molecular complexity index is 470. The van der Waals surface area contributed by atoms with Crippen molar-refractivity contribution in [1.29, 1.82) is 0 Å². The van der Waals surface area contributed by atoms with Gasteiger partial charge in [-0.05, 0) is 57.7 Å². The van der Waals surface area contributed by atoms with Crippen LogP contribution in [0.4, 0.5) is 0 Å². The minimum Gasteiger partial charge on any atom is -0.0985 e. The first-order valence-electron chi connectivity index (χ1n) is 12.0. The van der Waals surface area contributed by atoms with Crippen LogP contribution in [-0.4, -0.2) is 0 Å². The maximum atomic E-state index is 2.41. The van der Waals surface area contributed by atoms with Gasteiger partial charge in [0.15, 0.2) is 0 Å². The predicted octanol–water partition coefficient (Wildman–Crippen LogP) is 10.2. The predicted molar refractivity (Wildman–Crippen MR) is 136 cm³/mol. The van der Waals surface area contributed by atoms with Crippen LogP contribution in [0, 0.1) is 41.4 Å². The third kappa shape index (κ3) is 10.0. The maximum Gasteiger partial charge on any atom is -0.00824 e. The highest BCUT2D eigenvalue weighted by Gasteiger charge is 2.32. The van der Waals surface area contributed by atoms with Gasteiger partial charge in [-0.15, -0.1) is 0 Å². The Balaban J connectivity index is 0. The molecule has 168 valence electrons. The average Bonchev–Trinajstić information content (AvgIpc) is 2.73. The summed E-state index contributed by atoms with van der Waals surface area (Å²) in [5, 5.41) is 0. The van der Waals surface area contributed by atoms with E-state index in [2.05, 4.69) is 102 Å². The minimum atomic E-state index is 0.629. The van der Waals surface area contributed by atoms with Crippen molar-refractivity contribution in [2.75, 3.05) is 0 Å². The molecule has 1 aliphatic rings. The third-order valence-corrected chi connectivity index (χ3v) is 6.71. The van der Waals surface area contributed by atoms with Crippen LogP contribution in [0.25, 0.3) is 0 Å². The standard InChI is InChI=1S/C21H38S.C4H10.C2H6/c1-12(2)17-11-18(13(3)4)20(15(7)8)22-21(16(9)10)19(17)14(5)6;1-4(2)3;1-2/h12-17H,11H2,1-10H3;4H,1-3H3;1-2H3. The molecule has 28 heavy (non-hydrogen) atoms. The summed E-state index contributed by atoms with van der Waals surface area (Å²) in [4.78, 5) is 3.31. The first-order valence-corrected chi connectivity index (χ1v) is 12.8. The van der Waals surface area contributed by atoms with Crippen molar-refractivity contribution >= 4 is 11.8 Å². The Morgan fingerprint density at radius 3 is 1.25 bits per heavy atom. The highest BCUT2D eigenvalue weighted by atomic mass is 32.2. The number of thioether (sulfide) groups is 1. The van der Waals surface area contributed by atoms with Crippen molar-refractivity contribution in [3.63, 3.8) is 0 Å². The van der Waals surface area contributed by atoms with Gasteiger partial charge in [-0.2, -0.15) is 0 Å². The fourth-order valence-corrected chi connectivity index (χ4v) is 5.30. The summed E-state index contributed by atoms with van der Waals surface area (Å²) in [6.45, 7) is 34.4. The zero-order valence-corrected chi connectivity index (χ0v) is 23.0. The lowest BCUT2D eigenvalue weighted by atomic mass is 9.75. The van der Waals surface area contributed by atoms with Crippen LogP contribution >= 0.6 is 11.8 Å². The second-order valence-corrected chi connectivity index (χ2v) is 11.3. The van der Waals surface area contributed by atoms with E-state index >= 15 is 0 Å². The van der Waals surface area contributed by atoms with Gasteiger partial charge >= 0.3 is 0 Å². The molecule has 0 saturated heterocycles. The molecule has 0 aliphatic carbocycles. The van der Waals surface area contributed by atoms with E-state index in [1.165, 1.54) is 6.42 Å². The van der Waals surface area contributed by atoms with Gasteiger partial charge in [0.2, 0.25) is 0 Å². The van der Waals surface area contributed by atoms with Crippen LogP contribution in [0.1, 0.15) is 110 Å². The van der Waals surface area contributed by atoms with Crippen LogP contribution in [0.5, 0.6) is 0 Å². The summed E-state index contributed by atoms with van der Waals surface area (Å²) in [5.41, 5.74) is 3.45. The van der Waals surface area contributed by atoms with E-state index in [0.29, 0.717) is 35.5 Å². The van der Waals surface area contributed by atoms with E-state index in [0.717, 1.165) is 5.92 Å². The topological polar surface area (TPSA) is 0 Å². The maximum absolute atomic E-state index is 2.41. The van der Waals surface area contributed by atoms with E-state index in [-0.39, 0.29) is 0 Å². The molecule has 1 unspecified atom stereocenters. The van der Waals surface area contributed by atoms with Gasteiger partial charge in [-0.3, -0.25) is 0 Å². The highest BCUT2D eigenvalue weighted by Crippen LogP contribution is 2.50. The molecule has 1 heteroatoms. The van der Waals surface area contributed by atoms with Gasteiger partial charge in [0.05, 0.1) is 0 Å². The summed E-state index contributed by atoms with van der Waals surface area (Å²) in [6.07, 6.45) is 1.26. The quantitative estimate of drug-likeness (QED) is 0.434. The Morgan fingerprint density at radius 2 is 1.00 bits per heavy atom. The van der Waals surface area contributed by atoms with Crippen molar-refractivity contribution in [2.24, 2.45) is 41.4 Å². The van der Waals surface area contributed by atoms with Gasteiger partial charge in [0, 0.05) is 0 Å². The molecule has 1 rings (SSSR count). The normalized spacial score (nSPS) is 18.1. The van der Waals surface area contributed by atoms with E-state index in [9.17, 15) is 0 Å². The lowest BCUT2D eigenvalue weighted by Crippen LogP contribution is -2.19. The molecule has 0 radical (unpaired) electrons. The van der Waals surface area contributed by atoms with E-state index < -0.39 is 0 Å². The Labute approximate surface area is 184 Å². The van der Waals surface area contributed by atoms with Crippen molar-refractivity contribution in [1.82, 2.24) is 0 Å². The lowest BCUT2D eigenvalue weighted by molar-refractivity contribution is 0.393. The molecule has 0 nitrogen and oxygen atoms in total. The SMILES string of the molecule is CC.CC(C)C.CC(C)C1=C(C(C)C)SC(C(C)C)=C(C(C)C)C(C(C)C)C1. The summed E-state index contributed by atoms with van der Waals surface area (Å²) < 4.78 is 0. The molecule has 0 aromatic rings. The molecule has 0 spiro atoms. The van der Waals surface area contributed by atoms with Crippen molar-refractivity contribution in [3.05, 3.63) is 21.0 Å². The van der Waals surface area contributed by atoms with E-state index in [1.807, 2.05) is 13.8 Å². The van der Waals surface area contributed by atoms with Crippen LogP contribution in [0.2, 0.25) is 0 Å². The average molecular weight is 411 g/mol. The van der Waals surface area contributed by atoms with Gasteiger partial charge in [-0.25, -0.2) is 0 Å². The zero-order valence-electron chi connectivity index (χ0n) is 22.2. The third-order valence-electron chi connectivity index (χ3n) is 4.83. The molecule has 0 fully saturated rings. The van der Waals surface area contributed by atoms with E-state index in [4.69, 9.17) is 0 Å². The summed E-state index contributed by atoms with van der Waals surface area (Å²) in [5.74, 6) is 4.83. The molecular weight excluding hydrogens is 356 g/mol. The molecule has 0 saturated carbocycles. The van der Waals surface area contributed by atoms with Crippen molar-refractivity contribution < 1.29 is 0 Å². The summed E-state index contributed by atoms with van der Waals surface area (Å²) >= 11 is 2.12. The Hall–Kier alpha value is -0.170. The smallest absolute Gasteiger partial charge is 0.00824 e. The van der Waals surface area contributed by atoms with Crippen LogP contribution in [0.15, 0.2) is 21.0 Å². The molecule has 1 aliphatic heterocycles. The van der Waals surface area contributed by atoms with Gasteiger partial charge in [-0.1, -0.05) is 127 Å². The molecular formula is C27H54S. The largest absolute Gasteiger partial charge is 0.0985 e. The van der Waals surface area contributed by atoms with Crippen LogP contribution in [0.3, 0.4) is 0 Å². The van der Waals surface area contributed by atoms with Crippen LogP contribution in [-0.2, 0) is 0 Å².